The predicted molar refractivity (Wildman–Crippen MR) is 37.7 cm³/mol. The number of hydrogen-bond donors (Lipinski definition) is 1. The van der Waals surface area contributed by atoms with Crippen LogP contribution < -0.4 is 5.73 Å². The van der Waals surface area contributed by atoms with E-state index in [9.17, 15) is 4.57 Å². The first-order valence-electron chi connectivity index (χ1n) is 2.91. The number of nitrogens with two attached hydrogens (primary N) is 1. The second kappa shape index (κ2) is 4.86. The molecule has 0 aliphatic rings. The maximum absolute atomic E-state index is 10.6. The van der Waals surface area contributed by atoms with Crippen molar-refractivity contribution in [1.82, 2.24) is 0 Å². The van der Waals surface area contributed by atoms with E-state index in [1.807, 2.05) is 6.92 Å². The zero-order valence-electron chi connectivity index (χ0n) is 5.83. The molecule has 3 nitrogen and oxygen atoms in total. The highest BCUT2D eigenvalue weighted by atomic mass is 31.1. The molecule has 0 aromatic heterocycles. The normalized spacial score (nSPS) is 15.2. The third-order valence-corrected chi connectivity index (χ3v) is 2.00. The molecule has 0 amide bonds. The van der Waals surface area contributed by atoms with E-state index in [1.165, 1.54) is 7.11 Å². The fourth-order valence-corrected chi connectivity index (χ4v) is 1.20. The van der Waals surface area contributed by atoms with Gasteiger partial charge in [-0.3, -0.25) is 0 Å². The molecule has 0 aromatic carbocycles. The fraction of sp³-hybridized carbons (Fsp3) is 1.00. The first-order chi connectivity index (χ1) is 4.16. The lowest BCUT2D eigenvalue weighted by Gasteiger charge is -1.94. The van der Waals surface area contributed by atoms with Crippen LogP contribution in [0.25, 0.3) is 0 Å². The predicted octanol–water partition coefficient (Wildman–Crippen LogP) is 1.11. The van der Waals surface area contributed by atoms with Crippen molar-refractivity contribution in [1.29, 1.82) is 0 Å². The van der Waals surface area contributed by atoms with Crippen molar-refractivity contribution in [2.45, 2.75) is 19.4 Å². The molecule has 54 valence electrons. The van der Waals surface area contributed by atoms with E-state index in [0.717, 1.165) is 6.42 Å². The summed E-state index contributed by atoms with van der Waals surface area (Å²) in [4.78, 5) is 0. The first kappa shape index (κ1) is 9.02. The standard InChI is InChI=1S/C5H13NO2P/c1-5(6)3-4-9(7)8-2/h5H,3-4,6H2,1-2H3/q+1. The van der Waals surface area contributed by atoms with Crippen molar-refractivity contribution in [3.05, 3.63) is 0 Å². The van der Waals surface area contributed by atoms with Gasteiger partial charge in [-0.2, -0.15) is 0 Å². The Labute approximate surface area is 56.4 Å². The summed E-state index contributed by atoms with van der Waals surface area (Å²) in [7, 11) is 0.00348. The topological polar surface area (TPSA) is 52.3 Å². The molecule has 0 aliphatic heterocycles. The van der Waals surface area contributed by atoms with Gasteiger partial charge in [0.15, 0.2) is 6.16 Å². The Hall–Kier alpha value is 0.0200. The van der Waals surface area contributed by atoms with Gasteiger partial charge in [0.1, 0.15) is 0 Å². The summed E-state index contributed by atoms with van der Waals surface area (Å²) in [6.07, 6.45) is 1.34. The van der Waals surface area contributed by atoms with E-state index in [1.54, 1.807) is 0 Å². The van der Waals surface area contributed by atoms with Crippen LogP contribution in [-0.2, 0) is 9.09 Å². The fourth-order valence-electron chi connectivity index (χ4n) is 0.400. The van der Waals surface area contributed by atoms with Crippen LogP contribution in [-0.4, -0.2) is 19.3 Å². The van der Waals surface area contributed by atoms with Crippen LogP contribution >= 0.6 is 8.03 Å². The van der Waals surface area contributed by atoms with Gasteiger partial charge in [-0.1, -0.05) is 0 Å². The van der Waals surface area contributed by atoms with Gasteiger partial charge in [-0.05, 0) is 11.5 Å². The van der Waals surface area contributed by atoms with Gasteiger partial charge in [0.2, 0.25) is 0 Å². The highest BCUT2D eigenvalue weighted by Crippen LogP contribution is 2.20. The highest BCUT2D eigenvalue weighted by Gasteiger charge is 2.13. The maximum atomic E-state index is 10.6. The third kappa shape index (κ3) is 5.90. The Morgan fingerprint density at radius 1 is 1.78 bits per heavy atom. The van der Waals surface area contributed by atoms with Gasteiger partial charge >= 0.3 is 8.03 Å². The number of rotatable bonds is 4. The Morgan fingerprint density at radius 2 is 2.33 bits per heavy atom. The molecule has 0 saturated heterocycles. The van der Waals surface area contributed by atoms with Crippen molar-refractivity contribution < 1.29 is 9.09 Å². The molecule has 0 aromatic rings. The lowest BCUT2D eigenvalue weighted by molar-refractivity contribution is 0.412. The van der Waals surface area contributed by atoms with Crippen molar-refractivity contribution in [2.24, 2.45) is 5.73 Å². The van der Waals surface area contributed by atoms with Gasteiger partial charge in [0, 0.05) is 12.5 Å². The highest BCUT2D eigenvalue weighted by molar-refractivity contribution is 7.39. The van der Waals surface area contributed by atoms with Crippen LogP contribution in [0.1, 0.15) is 13.3 Å². The van der Waals surface area contributed by atoms with Crippen molar-refractivity contribution in [3.8, 4) is 0 Å². The molecule has 9 heavy (non-hydrogen) atoms. The van der Waals surface area contributed by atoms with E-state index in [4.69, 9.17) is 5.73 Å². The average Bonchev–Trinajstić information content (AvgIpc) is 1.83. The maximum Gasteiger partial charge on any atom is 0.507 e. The summed E-state index contributed by atoms with van der Waals surface area (Å²) in [5, 5.41) is 0. The van der Waals surface area contributed by atoms with Crippen molar-refractivity contribution >= 4 is 8.03 Å². The molecular weight excluding hydrogens is 137 g/mol. The molecule has 4 heteroatoms. The van der Waals surface area contributed by atoms with Crippen LogP contribution in [0.5, 0.6) is 0 Å². The molecule has 0 saturated carbocycles. The smallest absolute Gasteiger partial charge is 0.328 e. The Balaban J connectivity index is 3.17. The van der Waals surface area contributed by atoms with E-state index < -0.39 is 8.03 Å². The molecule has 2 unspecified atom stereocenters. The van der Waals surface area contributed by atoms with E-state index in [2.05, 4.69) is 4.52 Å². The van der Waals surface area contributed by atoms with Crippen LogP contribution in [0.15, 0.2) is 0 Å². The van der Waals surface area contributed by atoms with E-state index in [0.29, 0.717) is 6.16 Å². The lowest BCUT2D eigenvalue weighted by atomic mass is 10.3. The summed E-state index contributed by atoms with van der Waals surface area (Å²) in [6, 6.07) is 0.124. The minimum Gasteiger partial charge on any atom is -0.328 e. The van der Waals surface area contributed by atoms with Gasteiger partial charge in [0.25, 0.3) is 0 Å². The molecule has 0 rings (SSSR count). The van der Waals surface area contributed by atoms with Crippen LogP contribution in [0.2, 0.25) is 0 Å². The van der Waals surface area contributed by atoms with Crippen molar-refractivity contribution in [2.75, 3.05) is 13.3 Å². The lowest BCUT2D eigenvalue weighted by Crippen LogP contribution is -2.15. The molecular formula is C5H13NO2P+. The average molecular weight is 150 g/mol. The minimum absolute atomic E-state index is 0.124. The van der Waals surface area contributed by atoms with Gasteiger partial charge in [0.05, 0.1) is 7.11 Å². The monoisotopic (exact) mass is 150 g/mol. The molecule has 0 aliphatic carbocycles. The van der Waals surface area contributed by atoms with Crippen LogP contribution in [0.3, 0.4) is 0 Å². The van der Waals surface area contributed by atoms with Crippen LogP contribution in [0, 0.1) is 0 Å². The quantitative estimate of drug-likeness (QED) is 0.611. The Morgan fingerprint density at radius 3 is 2.67 bits per heavy atom. The van der Waals surface area contributed by atoms with Crippen LogP contribution in [0.4, 0.5) is 0 Å². The molecule has 0 radical (unpaired) electrons. The first-order valence-corrected chi connectivity index (χ1v) is 4.27. The molecule has 2 N–H and O–H groups in total. The van der Waals surface area contributed by atoms with Gasteiger partial charge in [-0.25, -0.2) is 0 Å². The zero-order valence-corrected chi connectivity index (χ0v) is 6.73. The summed E-state index contributed by atoms with van der Waals surface area (Å²) in [5.41, 5.74) is 5.41. The van der Waals surface area contributed by atoms with E-state index >= 15 is 0 Å². The number of hydrogen-bond acceptors (Lipinski definition) is 3. The largest absolute Gasteiger partial charge is 0.507 e. The summed E-state index contributed by atoms with van der Waals surface area (Å²) < 4.78 is 15.1. The Bertz CT molecular complexity index is 95.0. The molecule has 0 heterocycles. The summed E-state index contributed by atoms with van der Waals surface area (Å²) in [5.74, 6) is 0. The molecule has 0 bridgehead atoms. The third-order valence-electron chi connectivity index (χ3n) is 0.971. The zero-order chi connectivity index (χ0) is 7.28. The van der Waals surface area contributed by atoms with Crippen molar-refractivity contribution in [3.63, 3.8) is 0 Å². The summed E-state index contributed by atoms with van der Waals surface area (Å²) in [6.45, 7) is 1.89. The second-order valence-corrected chi connectivity index (χ2v) is 3.48. The molecule has 0 spiro atoms. The SMILES string of the molecule is CO[P+](=O)CCC(C)N. The molecule has 0 fully saturated rings. The molecule has 2 atom stereocenters. The Kier molecular flexibility index (Phi) is 4.87. The minimum atomic E-state index is -1.44. The summed E-state index contributed by atoms with van der Waals surface area (Å²) >= 11 is 0. The second-order valence-electron chi connectivity index (χ2n) is 2.00. The van der Waals surface area contributed by atoms with Gasteiger partial charge < -0.3 is 5.73 Å². The van der Waals surface area contributed by atoms with E-state index in [-0.39, 0.29) is 6.04 Å². The van der Waals surface area contributed by atoms with Gasteiger partial charge in [-0.15, -0.1) is 4.52 Å².